The van der Waals surface area contributed by atoms with Gasteiger partial charge in [-0.2, -0.15) is 0 Å². The fraction of sp³-hybridized carbons (Fsp3) is 0.286. The number of aromatic nitrogens is 1. The zero-order valence-electron chi connectivity index (χ0n) is 21.2. The molecule has 1 amide bonds. The number of aryl methyl sites for hydroxylation is 1. The van der Waals surface area contributed by atoms with Gasteiger partial charge in [-0.3, -0.25) is 14.5 Å². The Morgan fingerprint density at radius 2 is 1.89 bits per heavy atom. The van der Waals surface area contributed by atoms with Crippen molar-refractivity contribution < 1.29 is 29.0 Å². The predicted octanol–water partition coefficient (Wildman–Crippen LogP) is 6.20. The van der Waals surface area contributed by atoms with Crippen molar-refractivity contribution in [1.29, 1.82) is 0 Å². The van der Waals surface area contributed by atoms with Crippen LogP contribution in [0.1, 0.15) is 59.2 Å². The van der Waals surface area contributed by atoms with Gasteiger partial charge in [0.05, 0.1) is 30.5 Å². The summed E-state index contributed by atoms with van der Waals surface area (Å²) < 4.78 is 11.5. The number of rotatable bonds is 9. The monoisotopic (exact) mass is 598 g/mol. The molecule has 1 aliphatic rings. The maximum atomic E-state index is 13.4. The molecule has 2 aromatic carbocycles. The summed E-state index contributed by atoms with van der Waals surface area (Å²) in [4.78, 5) is 45.1. The second kappa shape index (κ2) is 11.9. The predicted molar refractivity (Wildman–Crippen MR) is 149 cm³/mol. The summed E-state index contributed by atoms with van der Waals surface area (Å²) in [6.45, 7) is 6.19. The van der Waals surface area contributed by atoms with Gasteiger partial charge in [0.25, 0.3) is 5.78 Å². The van der Waals surface area contributed by atoms with Gasteiger partial charge in [0.1, 0.15) is 16.4 Å². The Kier molecular flexibility index (Phi) is 8.63. The summed E-state index contributed by atoms with van der Waals surface area (Å²) in [7, 11) is 0. The average molecular weight is 600 g/mol. The lowest BCUT2D eigenvalue weighted by atomic mass is 9.95. The SMILES string of the molecule is CCCCOc1ccc(C(O)=C2C(=O)C(=O)N(c3nc(C)c(C(=O)OCC)s3)C2c2cccc(Br)c2)cc1. The Morgan fingerprint density at radius 1 is 1.16 bits per heavy atom. The zero-order chi connectivity index (χ0) is 27.4. The number of benzene rings is 2. The number of hydrogen-bond acceptors (Lipinski definition) is 8. The van der Waals surface area contributed by atoms with Crippen LogP contribution in [0, 0.1) is 6.92 Å². The summed E-state index contributed by atoms with van der Waals surface area (Å²) >= 11 is 4.42. The number of aliphatic hydroxyl groups excluding tert-OH is 1. The van der Waals surface area contributed by atoms with Crippen LogP contribution >= 0.6 is 27.3 Å². The molecule has 0 saturated carbocycles. The summed E-state index contributed by atoms with van der Waals surface area (Å²) in [5.41, 5.74) is 1.27. The molecular formula is C28H27BrN2O6S. The van der Waals surface area contributed by atoms with Crippen LogP contribution in [0.25, 0.3) is 5.76 Å². The lowest BCUT2D eigenvalue weighted by Crippen LogP contribution is -2.29. The van der Waals surface area contributed by atoms with E-state index in [-0.39, 0.29) is 27.9 Å². The molecule has 0 aliphatic carbocycles. The number of thiazole rings is 1. The number of aliphatic hydroxyl groups is 1. The summed E-state index contributed by atoms with van der Waals surface area (Å²) in [5.74, 6) is -1.91. The standard InChI is InChI=1S/C28H27BrN2O6S/c1-4-6-14-37-20-12-10-17(11-13-20)23(32)21-22(18-8-7-9-19(29)15-18)31(26(34)24(21)33)28-30-16(3)25(38-28)27(35)36-5-2/h7-13,15,22,32H,4-6,14H2,1-3H3. The number of anilines is 1. The van der Waals surface area contributed by atoms with E-state index in [1.165, 1.54) is 4.90 Å². The van der Waals surface area contributed by atoms with Gasteiger partial charge in [-0.1, -0.05) is 52.7 Å². The second-order valence-corrected chi connectivity index (χ2v) is 10.5. The van der Waals surface area contributed by atoms with Gasteiger partial charge in [0, 0.05) is 10.0 Å². The van der Waals surface area contributed by atoms with Crippen molar-refractivity contribution in [2.75, 3.05) is 18.1 Å². The Morgan fingerprint density at radius 3 is 2.55 bits per heavy atom. The van der Waals surface area contributed by atoms with E-state index < -0.39 is 23.7 Å². The van der Waals surface area contributed by atoms with E-state index in [9.17, 15) is 19.5 Å². The minimum atomic E-state index is -0.964. The molecule has 1 saturated heterocycles. The molecule has 1 unspecified atom stereocenters. The van der Waals surface area contributed by atoms with Crippen LogP contribution in [0.2, 0.25) is 0 Å². The third-order valence-corrected chi connectivity index (χ3v) is 7.59. The lowest BCUT2D eigenvalue weighted by Gasteiger charge is -2.23. The number of halogens is 1. The molecule has 2 heterocycles. The lowest BCUT2D eigenvalue weighted by molar-refractivity contribution is -0.132. The van der Waals surface area contributed by atoms with Gasteiger partial charge < -0.3 is 14.6 Å². The number of nitrogens with zero attached hydrogens (tertiary/aromatic N) is 2. The Balaban J connectivity index is 1.81. The van der Waals surface area contributed by atoms with Crippen LogP contribution in [-0.2, 0) is 14.3 Å². The highest BCUT2D eigenvalue weighted by atomic mass is 79.9. The van der Waals surface area contributed by atoms with Gasteiger partial charge >= 0.3 is 11.9 Å². The first kappa shape index (κ1) is 27.5. The van der Waals surface area contributed by atoms with Crippen LogP contribution < -0.4 is 9.64 Å². The molecule has 0 spiro atoms. The molecule has 1 aromatic heterocycles. The Bertz CT molecular complexity index is 1400. The fourth-order valence-electron chi connectivity index (χ4n) is 4.09. The molecule has 3 aromatic rings. The molecule has 10 heteroatoms. The number of hydrogen-bond donors (Lipinski definition) is 1. The van der Waals surface area contributed by atoms with Gasteiger partial charge in [-0.25, -0.2) is 9.78 Å². The maximum absolute atomic E-state index is 13.4. The number of ketones is 1. The normalized spacial score (nSPS) is 16.6. The zero-order valence-corrected chi connectivity index (χ0v) is 23.6. The van der Waals surface area contributed by atoms with Gasteiger partial charge in [-0.15, -0.1) is 0 Å². The van der Waals surface area contributed by atoms with Crippen LogP contribution in [-0.4, -0.2) is 41.0 Å². The second-order valence-electron chi connectivity index (χ2n) is 8.58. The summed E-state index contributed by atoms with van der Waals surface area (Å²) in [6.07, 6.45) is 1.93. The number of unbranched alkanes of at least 4 members (excludes halogenated alkanes) is 1. The largest absolute Gasteiger partial charge is 0.507 e. The van der Waals surface area contributed by atoms with Gasteiger partial charge in [0.2, 0.25) is 0 Å². The van der Waals surface area contributed by atoms with Crippen molar-refractivity contribution >= 4 is 55.8 Å². The first-order valence-corrected chi connectivity index (χ1v) is 13.8. The van der Waals surface area contributed by atoms with Crippen molar-refractivity contribution in [1.82, 2.24) is 4.98 Å². The highest BCUT2D eigenvalue weighted by Gasteiger charge is 2.48. The highest BCUT2D eigenvalue weighted by Crippen LogP contribution is 2.44. The molecule has 198 valence electrons. The smallest absolute Gasteiger partial charge is 0.350 e. The third kappa shape index (κ3) is 5.51. The number of carbonyl (C=O) groups is 3. The van der Waals surface area contributed by atoms with Crippen molar-refractivity contribution in [3.63, 3.8) is 0 Å². The van der Waals surface area contributed by atoms with Crippen LogP contribution in [0.4, 0.5) is 5.13 Å². The van der Waals surface area contributed by atoms with E-state index in [2.05, 4.69) is 27.8 Å². The number of carbonyl (C=O) groups excluding carboxylic acids is 3. The maximum Gasteiger partial charge on any atom is 0.350 e. The fourth-order valence-corrected chi connectivity index (χ4v) is 5.50. The number of ether oxygens (including phenoxy) is 2. The quantitative estimate of drug-likeness (QED) is 0.103. The molecule has 4 rings (SSSR count). The Hall–Kier alpha value is -3.50. The van der Waals surface area contributed by atoms with Gasteiger partial charge in [-0.05, 0) is 62.2 Å². The van der Waals surface area contributed by atoms with Crippen LogP contribution in [0.15, 0.2) is 58.6 Å². The van der Waals surface area contributed by atoms with E-state index in [4.69, 9.17) is 9.47 Å². The van der Waals surface area contributed by atoms with Crippen molar-refractivity contribution in [3.8, 4) is 5.75 Å². The van der Waals surface area contributed by atoms with Crippen molar-refractivity contribution in [3.05, 3.63) is 80.3 Å². The van der Waals surface area contributed by atoms with Crippen LogP contribution in [0.3, 0.4) is 0 Å². The number of esters is 1. The van der Waals surface area contributed by atoms with E-state index in [1.807, 2.05) is 6.07 Å². The third-order valence-electron chi connectivity index (χ3n) is 5.96. The molecule has 1 aliphatic heterocycles. The topological polar surface area (TPSA) is 106 Å². The minimum Gasteiger partial charge on any atom is -0.507 e. The number of amides is 1. The van der Waals surface area contributed by atoms with Crippen LogP contribution in [0.5, 0.6) is 5.75 Å². The minimum absolute atomic E-state index is 0.0710. The molecule has 1 fully saturated rings. The molecule has 0 radical (unpaired) electrons. The number of Topliss-reactive ketones (excluding diaryl/α,β-unsaturated/α-hetero) is 1. The van der Waals surface area contributed by atoms with Crippen molar-refractivity contribution in [2.45, 2.75) is 39.7 Å². The Labute approximate surface area is 233 Å². The van der Waals surface area contributed by atoms with Crippen molar-refractivity contribution in [2.24, 2.45) is 0 Å². The van der Waals surface area contributed by atoms with Gasteiger partial charge in [0.15, 0.2) is 5.13 Å². The molecule has 8 nitrogen and oxygen atoms in total. The van der Waals surface area contributed by atoms with E-state index in [0.717, 1.165) is 28.7 Å². The first-order chi connectivity index (χ1) is 18.3. The van der Waals surface area contributed by atoms with E-state index in [1.54, 1.807) is 56.3 Å². The van der Waals surface area contributed by atoms with E-state index >= 15 is 0 Å². The first-order valence-electron chi connectivity index (χ1n) is 12.2. The molecular weight excluding hydrogens is 572 g/mol. The summed E-state index contributed by atoms with van der Waals surface area (Å²) in [5, 5.41) is 11.5. The average Bonchev–Trinajstić information content (AvgIpc) is 3.41. The molecule has 1 atom stereocenters. The molecule has 1 N–H and O–H groups in total. The highest BCUT2D eigenvalue weighted by molar-refractivity contribution is 9.10. The van der Waals surface area contributed by atoms with E-state index in [0.29, 0.717) is 29.2 Å². The molecule has 38 heavy (non-hydrogen) atoms. The molecule has 0 bridgehead atoms. The summed E-state index contributed by atoms with van der Waals surface area (Å²) in [6, 6.07) is 12.9.